The fourth-order valence-corrected chi connectivity index (χ4v) is 1.56. The number of aliphatic hydroxyl groups excluding tert-OH is 1. The monoisotopic (exact) mass is 205 g/mol. The Morgan fingerprint density at radius 3 is 2.73 bits per heavy atom. The van der Waals surface area contributed by atoms with Crippen LogP contribution in [0.1, 0.15) is 11.9 Å². The first-order chi connectivity index (χ1) is 7.24. The second kappa shape index (κ2) is 3.84. The summed E-state index contributed by atoms with van der Waals surface area (Å²) < 4.78 is 5.14. The van der Waals surface area contributed by atoms with Gasteiger partial charge in [-0.15, -0.1) is 0 Å². The lowest BCUT2D eigenvalue weighted by Crippen LogP contribution is -1.98. The van der Waals surface area contributed by atoms with E-state index < -0.39 is 6.29 Å². The SMILES string of the molecule is COc1ccc(C(O)O)c2cccnc12. The standard InChI is InChI=1S/C11H11NO3/c1-15-9-5-4-8(11(13)14)7-3-2-6-12-10(7)9/h2-6,11,13-14H,1H3. The molecule has 78 valence electrons. The van der Waals surface area contributed by atoms with Crippen molar-refractivity contribution in [2.75, 3.05) is 7.11 Å². The zero-order valence-electron chi connectivity index (χ0n) is 8.21. The van der Waals surface area contributed by atoms with Crippen molar-refractivity contribution >= 4 is 10.9 Å². The average molecular weight is 205 g/mol. The molecular weight excluding hydrogens is 194 g/mol. The van der Waals surface area contributed by atoms with Gasteiger partial charge in [0.2, 0.25) is 0 Å². The molecule has 1 heterocycles. The molecule has 0 unspecified atom stereocenters. The number of fused-ring (bicyclic) bond motifs is 1. The number of ether oxygens (including phenoxy) is 1. The Labute approximate surface area is 86.8 Å². The molecule has 0 amide bonds. The molecule has 0 saturated heterocycles. The van der Waals surface area contributed by atoms with Gasteiger partial charge in [0.1, 0.15) is 11.3 Å². The molecule has 4 nitrogen and oxygen atoms in total. The van der Waals surface area contributed by atoms with E-state index in [2.05, 4.69) is 4.98 Å². The van der Waals surface area contributed by atoms with Crippen LogP contribution in [-0.4, -0.2) is 22.3 Å². The quantitative estimate of drug-likeness (QED) is 0.724. The van der Waals surface area contributed by atoms with Crippen LogP contribution in [0.15, 0.2) is 30.5 Å². The van der Waals surface area contributed by atoms with Crippen molar-refractivity contribution in [3.05, 3.63) is 36.0 Å². The Morgan fingerprint density at radius 2 is 2.07 bits per heavy atom. The summed E-state index contributed by atoms with van der Waals surface area (Å²) in [5, 5.41) is 19.0. The molecule has 2 aromatic rings. The Morgan fingerprint density at radius 1 is 1.27 bits per heavy atom. The summed E-state index contributed by atoms with van der Waals surface area (Å²) in [7, 11) is 1.55. The summed E-state index contributed by atoms with van der Waals surface area (Å²) in [5.41, 5.74) is 1.06. The lowest BCUT2D eigenvalue weighted by Gasteiger charge is -2.10. The van der Waals surface area contributed by atoms with Crippen molar-refractivity contribution in [3.63, 3.8) is 0 Å². The zero-order chi connectivity index (χ0) is 10.8. The molecule has 0 saturated carbocycles. The van der Waals surface area contributed by atoms with Crippen molar-refractivity contribution in [2.24, 2.45) is 0 Å². The molecule has 0 aliphatic heterocycles. The first-order valence-corrected chi connectivity index (χ1v) is 4.52. The molecule has 0 bridgehead atoms. The molecule has 1 aromatic heterocycles. The summed E-state index contributed by atoms with van der Waals surface area (Å²) >= 11 is 0. The number of rotatable bonds is 2. The van der Waals surface area contributed by atoms with Gasteiger partial charge >= 0.3 is 0 Å². The molecule has 1 aromatic carbocycles. The molecule has 0 aliphatic carbocycles. The number of nitrogens with zero attached hydrogens (tertiary/aromatic N) is 1. The highest BCUT2D eigenvalue weighted by Crippen LogP contribution is 2.28. The van der Waals surface area contributed by atoms with E-state index in [1.165, 1.54) is 0 Å². The predicted octanol–water partition coefficient (Wildman–Crippen LogP) is 1.23. The number of pyridine rings is 1. The predicted molar refractivity (Wildman–Crippen MR) is 55.5 cm³/mol. The van der Waals surface area contributed by atoms with Crippen LogP contribution < -0.4 is 4.74 Å². The maximum Gasteiger partial charge on any atom is 0.179 e. The molecule has 2 N–H and O–H groups in total. The molecule has 0 aliphatic rings. The zero-order valence-corrected chi connectivity index (χ0v) is 8.21. The lowest BCUT2D eigenvalue weighted by atomic mass is 10.1. The largest absolute Gasteiger partial charge is 0.494 e. The molecule has 0 radical (unpaired) electrons. The van der Waals surface area contributed by atoms with Crippen LogP contribution in [0.3, 0.4) is 0 Å². The van der Waals surface area contributed by atoms with E-state index in [0.717, 1.165) is 0 Å². The van der Waals surface area contributed by atoms with Crippen LogP contribution in [0.4, 0.5) is 0 Å². The maximum atomic E-state index is 9.17. The minimum Gasteiger partial charge on any atom is -0.494 e. The van der Waals surface area contributed by atoms with Crippen LogP contribution >= 0.6 is 0 Å². The van der Waals surface area contributed by atoms with Crippen LogP contribution in [0.5, 0.6) is 5.75 Å². The second-order valence-electron chi connectivity index (χ2n) is 3.13. The summed E-state index contributed by atoms with van der Waals surface area (Å²) in [6.07, 6.45) is 0.140. The van der Waals surface area contributed by atoms with E-state index in [4.69, 9.17) is 4.74 Å². The Balaban J connectivity index is 2.77. The molecule has 0 fully saturated rings. The van der Waals surface area contributed by atoms with Gasteiger partial charge in [-0.25, -0.2) is 0 Å². The van der Waals surface area contributed by atoms with E-state index in [0.29, 0.717) is 22.2 Å². The highest BCUT2D eigenvalue weighted by atomic mass is 16.5. The molecule has 0 spiro atoms. The third-order valence-corrected chi connectivity index (χ3v) is 2.26. The van der Waals surface area contributed by atoms with Gasteiger partial charge in [-0.1, -0.05) is 6.07 Å². The van der Waals surface area contributed by atoms with E-state index >= 15 is 0 Å². The fourth-order valence-electron chi connectivity index (χ4n) is 1.56. The van der Waals surface area contributed by atoms with Gasteiger partial charge in [0, 0.05) is 17.1 Å². The van der Waals surface area contributed by atoms with E-state index in [1.54, 1.807) is 37.6 Å². The maximum absolute atomic E-state index is 9.17. The van der Waals surface area contributed by atoms with Crippen molar-refractivity contribution in [2.45, 2.75) is 6.29 Å². The number of methoxy groups -OCH3 is 1. The van der Waals surface area contributed by atoms with Gasteiger partial charge in [0.15, 0.2) is 6.29 Å². The van der Waals surface area contributed by atoms with Gasteiger partial charge in [0.25, 0.3) is 0 Å². The number of aromatic nitrogens is 1. The molecular formula is C11H11NO3. The average Bonchev–Trinajstić information content (AvgIpc) is 2.27. The van der Waals surface area contributed by atoms with Crippen LogP contribution in [0.25, 0.3) is 10.9 Å². The van der Waals surface area contributed by atoms with E-state index in [1.807, 2.05) is 0 Å². The number of benzene rings is 1. The van der Waals surface area contributed by atoms with Crippen LogP contribution in [0, 0.1) is 0 Å². The third kappa shape index (κ3) is 1.65. The minimum atomic E-state index is -1.50. The highest BCUT2D eigenvalue weighted by Gasteiger charge is 2.11. The lowest BCUT2D eigenvalue weighted by molar-refractivity contribution is -0.0413. The first kappa shape index (κ1) is 9.89. The number of hydrogen-bond acceptors (Lipinski definition) is 4. The summed E-state index contributed by atoms with van der Waals surface area (Å²) in [6.45, 7) is 0. The Bertz CT molecular complexity index is 482. The molecule has 0 atom stereocenters. The first-order valence-electron chi connectivity index (χ1n) is 4.52. The topological polar surface area (TPSA) is 62.6 Å². The van der Waals surface area contributed by atoms with Crippen LogP contribution in [0.2, 0.25) is 0 Å². The third-order valence-electron chi connectivity index (χ3n) is 2.26. The van der Waals surface area contributed by atoms with Gasteiger partial charge in [0.05, 0.1) is 7.11 Å². The van der Waals surface area contributed by atoms with Gasteiger partial charge in [-0.3, -0.25) is 4.98 Å². The number of aliphatic hydroxyl groups is 2. The van der Waals surface area contributed by atoms with E-state index in [9.17, 15) is 10.2 Å². The van der Waals surface area contributed by atoms with Gasteiger partial charge < -0.3 is 14.9 Å². The van der Waals surface area contributed by atoms with Gasteiger partial charge in [-0.05, 0) is 18.2 Å². The summed E-state index contributed by atoms with van der Waals surface area (Å²) in [4.78, 5) is 4.15. The summed E-state index contributed by atoms with van der Waals surface area (Å²) in [6, 6.07) is 6.81. The molecule has 4 heteroatoms. The van der Waals surface area contributed by atoms with Gasteiger partial charge in [-0.2, -0.15) is 0 Å². The van der Waals surface area contributed by atoms with E-state index in [-0.39, 0.29) is 0 Å². The Hall–Kier alpha value is -1.65. The highest BCUT2D eigenvalue weighted by molar-refractivity contribution is 5.87. The Kier molecular flexibility index (Phi) is 2.53. The fraction of sp³-hybridized carbons (Fsp3) is 0.182. The summed E-state index contributed by atoms with van der Waals surface area (Å²) in [5.74, 6) is 0.620. The molecule has 15 heavy (non-hydrogen) atoms. The smallest absolute Gasteiger partial charge is 0.179 e. The van der Waals surface area contributed by atoms with Crippen molar-refractivity contribution < 1.29 is 14.9 Å². The van der Waals surface area contributed by atoms with Crippen LogP contribution in [-0.2, 0) is 0 Å². The number of hydrogen-bond donors (Lipinski definition) is 2. The molecule has 2 rings (SSSR count). The van der Waals surface area contributed by atoms with Crippen molar-refractivity contribution in [1.29, 1.82) is 0 Å². The van der Waals surface area contributed by atoms with Crippen molar-refractivity contribution in [3.8, 4) is 5.75 Å². The normalized spacial score (nSPS) is 10.9. The second-order valence-corrected chi connectivity index (χ2v) is 3.13. The van der Waals surface area contributed by atoms with Crippen molar-refractivity contribution in [1.82, 2.24) is 4.98 Å². The minimum absolute atomic E-state index is 0.430.